The van der Waals surface area contributed by atoms with Crippen LogP contribution in [0.15, 0.2) is 53.8 Å². The molecule has 1 amide bonds. The zero-order valence-electron chi connectivity index (χ0n) is 14.9. The van der Waals surface area contributed by atoms with Crippen molar-refractivity contribution in [3.05, 3.63) is 59.3 Å². The van der Waals surface area contributed by atoms with Gasteiger partial charge in [0.05, 0.1) is 0 Å². The molecular formula is C21H29ClN2O. The number of hydrogen-bond acceptors (Lipinski definition) is 2. The van der Waals surface area contributed by atoms with Crippen LogP contribution >= 0.6 is 11.6 Å². The second-order valence-electron chi connectivity index (χ2n) is 6.42. The van der Waals surface area contributed by atoms with Crippen LogP contribution < -0.4 is 10.6 Å². The van der Waals surface area contributed by atoms with Gasteiger partial charge in [0.2, 0.25) is 5.91 Å². The van der Waals surface area contributed by atoms with E-state index in [1.54, 1.807) is 6.08 Å². The van der Waals surface area contributed by atoms with Crippen LogP contribution in [0.4, 0.5) is 0 Å². The van der Waals surface area contributed by atoms with Crippen LogP contribution in [0.25, 0.3) is 0 Å². The Morgan fingerprint density at radius 3 is 2.60 bits per heavy atom. The summed E-state index contributed by atoms with van der Waals surface area (Å²) in [5, 5.41) is 6.48. The van der Waals surface area contributed by atoms with E-state index in [-0.39, 0.29) is 5.91 Å². The van der Waals surface area contributed by atoms with Gasteiger partial charge in [0, 0.05) is 30.7 Å². The van der Waals surface area contributed by atoms with E-state index in [9.17, 15) is 4.79 Å². The topological polar surface area (TPSA) is 41.1 Å². The van der Waals surface area contributed by atoms with Crippen molar-refractivity contribution in [1.82, 2.24) is 10.6 Å². The standard InChI is InChI=1S/C21H29ClN2O/c22-15-8-16-23-20-12-7-2-1-6-11-19(20)13-14-21(25)24-17-18-9-4-3-5-10-18/h3-5,9-10,13-14,23H,1-2,6-8,11-12,15-17H2,(H,24,25)/b14-13+,20-19-. The largest absolute Gasteiger partial charge is 0.388 e. The van der Waals surface area contributed by atoms with Crippen LogP contribution in [-0.2, 0) is 11.3 Å². The molecule has 0 aliphatic heterocycles. The lowest BCUT2D eigenvalue weighted by Gasteiger charge is -2.18. The Morgan fingerprint density at radius 1 is 1.08 bits per heavy atom. The first-order chi connectivity index (χ1) is 12.3. The molecular weight excluding hydrogens is 332 g/mol. The number of carbonyl (C=O) groups excluding carboxylic acids is 1. The molecule has 0 aromatic heterocycles. The van der Waals surface area contributed by atoms with Gasteiger partial charge in [-0.15, -0.1) is 11.6 Å². The van der Waals surface area contributed by atoms with E-state index in [0.717, 1.165) is 31.4 Å². The average molecular weight is 361 g/mol. The molecule has 2 N–H and O–H groups in total. The Labute approximate surface area is 156 Å². The van der Waals surface area contributed by atoms with Crippen LogP contribution in [0.1, 0.15) is 50.5 Å². The fourth-order valence-corrected chi connectivity index (χ4v) is 3.13. The molecule has 1 aromatic rings. The molecule has 0 heterocycles. The molecule has 4 heteroatoms. The molecule has 136 valence electrons. The molecule has 0 spiro atoms. The van der Waals surface area contributed by atoms with E-state index >= 15 is 0 Å². The van der Waals surface area contributed by atoms with Gasteiger partial charge in [-0.3, -0.25) is 4.79 Å². The summed E-state index contributed by atoms with van der Waals surface area (Å²) in [5.41, 5.74) is 3.67. The molecule has 0 unspecified atom stereocenters. The van der Waals surface area contributed by atoms with Gasteiger partial charge in [-0.25, -0.2) is 0 Å². The van der Waals surface area contributed by atoms with Crippen molar-refractivity contribution in [2.75, 3.05) is 12.4 Å². The van der Waals surface area contributed by atoms with Gasteiger partial charge in [0.25, 0.3) is 0 Å². The fraction of sp³-hybridized carbons (Fsp3) is 0.476. The van der Waals surface area contributed by atoms with Crippen LogP contribution in [0, 0.1) is 0 Å². The van der Waals surface area contributed by atoms with Crippen LogP contribution in [-0.4, -0.2) is 18.3 Å². The minimum Gasteiger partial charge on any atom is -0.388 e. The monoisotopic (exact) mass is 360 g/mol. The second-order valence-corrected chi connectivity index (χ2v) is 6.80. The normalized spacial score (nSPS) is 18.6. The molecule has 0 radical (unpaired) electrons. The number of alkyl halides is 1. The minimum atomic E-state index is -0.0430. The fourth-order valence-electron chi connectivity index (χ4n) is 2.99. The van der Waals surface area contributed by atoms with Crippen molar-refractivity contribution in [1.29, 1.82) is 0 Å². The van der Waals surface area contributed by atoms with Gasteiger partial charge >= 0.3 is 0 Å². The lowest BCUT2D eigenvalue weighted by molar-refractivity contribution is -0.116. The quantitative estimate of drug-likeness (QED) is 0.401. The highest BCUT2D eigenvalue weighted by atomic mass is 35.5. The summed E-state index contributed by atoms with van der Waals surface area (Å²) in [5.74, 6) is 0.631. The number of hydrogen-bond donors (Lipinski definition) is 2. The highest BCUT2D eigenvalue weighted by Gasteiger charge is 2.09. The SMILES string of the molecule is O=C(/C=C/C1=C(\NCCCCl)CCCCCC1)NCc1ccccc1. The summed E-state index contributed by atoms with van der Waals surface area (Å²) in [6.07, 6.45) is 11.7. The molecule has 25 heavy (non-hydrogen) atoms. The third-order valence-electron chi connectivity index (χ3n) is 4.40. The van der Waals surface area contributed by atoms with Gasteiger partial charge in [-0.1, -0.05) is 49.2 Å². The van der Waals surface area contributed by atoms with Crippen molar-refractivity contribution in [2.45, 2.75) is 51.5 Å². The summed E-state index contributed by atoms with van der Waals surface area (Å²) in [6.45, 7) is 1.46. The molecule has 1 aliphatic rings. The maximum atomic E-state index is 12.1. The first kappa shape index (κ1) is 19.6. The Kier molecular flexibility index (Phi) is 9.21. The zero-order chi connectivity index (χ0) is 17.7. The highest BCUT2D eigenvalue weighted by Crippen LogP contribution is 2.22. The van der Waals surface area contributed by atoms with E-state index in [4.69, 9.17) is 11.6 Å². The first-order valence-electron chi connectivity index (χ1n) is 9.31. The number of carbonyl (C=O) groups is 1. The summed E-state index contributed by atoms with van der Waals surface area (Å²) in [4.78, 5) is 12.1. The molecule has 0 saturated heterocycles. The number of benzene rings is 1. The Bertz CT molecular complexity index is 581. The number of rotatable bonds is 8. The van der Waals surface area contributed by atoms with E-state index in [1.807, 2.05) is 36.4 Å². The smallest absolute Gasteiger partial charge is 0.244 e. The minimum absolute atomic E-state index is 0.0430. The van der Waals surface area contributed by atoms with Gasteiger partial charge in [0.15, 0.2) is 0 Å². The van der Waals surface area contributed by atoms with Crippen LogP contribution in [0.2, 0.25) is 0 Å². The predicted octanol–water partition coefficient (Wildman–Crippen LogP) is 4.69. The number of nitrogens with one attached hydrogen (secondary N) is 2. The van der Waals surface area contributed by atoms with E-state index in [1.165, 1.54) is 37.0 Å². The van der Waals surface area contributed by atoms with Crippen molar-refractivity contribution >= 4 is 17.5 Å². The number of allylic oxidation sites excluding steroid dienone is 3. The van der Waals surface area contributed by atoms with Gasteiger partial charge in [-0.05, 0) is 43.2 Å². The second kappa shape index (κ2) is 11.8. The molecule has 1 aromatic carbocycles. The maximum absolute atomic E-state index is 12.1. The summed E-state index contributed by atoms with van der Waals surface area (Å²) in [7, 11) is 0. The molecule has 1 aliphatic carbocycles. The number of halogens is 1. The van der Waals surface area contributed by atoms with Crippen LogP contribution in [0.3, 0.4) is 0 Å². The first-order valence-corrected chi connectivity index (χ1v) is 9.85. The number of amides is 1. The molecule has 0 atom stereocenters. The van der Waals surface area contributed by atoms with Crippen molar-refractivity contribution in [3.8, 4) is 0 Å². The zero-order valence-corrected chi connectivity index (χ0v) is 15.7. The summed E-state index contributed by atoms with van der Waals surface area (Å²) < 4.78 is 0. The van der Waals surface area contributed by atoms with Gasteiger partial charge in [-0.2, -0.15) is 0 Å². The lowest BCUT2D eigenvalue weighted by Crippen LogP contribution is -2.21. The Hall–Kier alpha value is -1.74. The summed E-state index contributed by atoms with van der Waals surface area (Å²) >= 11 is 5.78. The van der Waals surface area contributed by atoms with Crippen molar-refractivity contribution in [3.63, 3.8) is 0 Å². The van der Waals surface area contributed by atoms with E-state index < -0.39 is 0 Å². The molecule has 0 bridgehead atoms. The highest BCUT2D eigenvalue weighted by molar-refractivity contribution is 6.17. The third kappa shape index (κ3) is 7.78. The molecule has 0 fully saturated rings. The van der Waals surface area contributed by atoms with Gasteiger partial charge < -0.3 is 10.6 Å². The average Bonchev–Trinajstić information content (AvgIpc) is 2.62. The molecule has 3 nitrogen and oxygen atoms in total. The Balaban J connectivity index is 1.94. The summed E-state index contributed by atoms with van der Waals surface area (Å²) in [6, 6.07) is 9.97. The third-order valence-corrected chi connectivity index (χ3v) is 4.67. The predicted molar refractivity (Wildman–Crippen MR) is 105 cm³/mol. The Morgan fingerprint density at radius 2 is 1.84 bits per heavy atom. The van der Waals surface area contributed by atoms with Crippen molar-refractivity contribution in [2.24, 2.45) is 0 Å². The molecule has 0 saturated carbocycles. The van der Waals surface area contributed by atoms with Crippen LogP contribution in [0.5, 0.6) is 0 Å². The maximum Gasteiger partial charge on any atom is 0.244 e. The van der Waals surface area contributed by atoms with Crippen molar-refractivity contribution < 1.29 is 4.79 Å². The molecule has 2 rings (SSSR count). The van der Waals surface area contributed by atoms with E-state index in [0.29, 0.717) is 12.4 Å². The lowest BCUT2D eigenvalue weighted by atomic mass is 9.96. The van der Waals surface area contributed by atoms with E-state index in [2.05, 4.69) is 10.6 Å². The van der Waals surface area contributed by atoms with Gasteiger partial charge in [0.1, 0.15) is 0 Å².